The van der Waals surface area contributed by atoms with Crippen LogP contribution in [-0.4, -0.2) is 11.7 Å². The van der Waals surface area contributed by atoms with Crippen LogP contribution in [-0.2, 0) is 11.3 Å². The number of benzene rings is 1. The number of ether oxygens (including phenoxy) is 1. The van der Waals surface area contributed by atoms with Crippen LogP contribution in [0.25, 0.3) is 0 Å². The third-order valence-electron chi connectivity index (χ3n) is 3.51. The summed E-state index contributed by atoms with van der Waals surface area (Å²) >= 11 is 1.78. The standard InChI is InChI=1S/C19H26N2O2S/c1-13-10-11-24-17(13)14(2)20-12-15-6-8-16(9-7-15)21-18(22)23-19(3,4)5/h6-11,14,20H,12H2,1-5H3,(H,21,22). The van der Waals surface area contributed by atoms with Gasteiger partial charge in [-0.05, 0) is 69.3 Å². The Balaban J connectivity index is 1.86. The van der Waals surface area contributed by atoms with E-state index in [-0.39, 0.29) is 0 Å². The predicted octanol–water partition coefficient (Wildman–Crippen LogP) is 5.25. The molecule has 0 bridgehead atoms. The summed E-state index contributed by atoms with van der Waals surface area (Å²) < 4.78 is 5.24. The molecule has 0 aliphatic rings. The lowest BCUT2D eigenvalue weighted by molar-refractivity contribution is 0.0636. The SMILES string of the molecule is Cc1ccsc1C(C)NCc1ccc(NC(=O)OC(C)(C)C)cc1. The third kappa shape index (κ3) is 5.65. The van der Waals surface area contributed by atoms with Crippen molar-refractivity contribution in [2.24, 2.45) is 0 Å². The molecule has 0 spiro atoms. The normalized spacial score (nSPS) is 12.7. The molecule has 0 saturated heterocycles. The molecular weight excluding hydrogens is 320 g/mol. The van der Waals surface area contributed by atoms with Gasteiger partial charge < -0.3 is 10.1 Å². The molecule has 1 aromatic carbocycles. The molecule has 1 atom stereocenters. The lowest BCUT2D eigenvalue weighted by Crippen LogP contribution is -2.27. The molecule has 4 nitrogen and oxygen atoms in total. The van der Waals surface area contributed by atoms with Gasteiger partial charge in [0.2, 0.25) is 0 Å². The highest BCUT2D eigenvalue weighted by Crippen LogP contribution is 2.23. The minimum atomic E-state index is -0.496. The zero-order chi connectivity index (χ0) is 17.7. The molecule has 1 aromatic heterocycles. The number of rotatable bonds is 5. The molecule has 0 radical (unpaired) electrons. The van der Waals surface area contributed by atoms with Crippen molar-refractivity contribution in [2.75, 3.05) is 5.32 Å². The topological polar surface area (TPSA) is 50.4 Å². The Morgan fingerprint density at radius 2 is 1.88 bits per heavy atom. The fourth-order valence-corrected chi connectivity index (χ4v) is 3.28. The van der Waals surface area contributed by atoms with E-state index in [0.29, 0.717) is 6.04 Å². The predicted molar refractivity (Wildman–Crippen MR) is 101 cm³/mol. The Hall–Kier alpha value is -1.85. The number of hydrogen-bond donors (Lipinski definition) is 2. The van der Waals surface area contributed by atoms with Crippen LogP contribution < -0.4 is 10.6 Å². The summed E-state index contributed by atoms with van der Waals surface area (Å²) in [6.07, 6.45) is -0.435. The summed E-state index contributed by atoms with van der Waals surface area (Å²) in [7, 11) is 0. The van der Waals surface area contributed by atoms with E-state index < -0.39 is 11.7 Å². The second-order valence-electron chi connectivity index (χ2n) is 6.89. The zero-order valence-electron chi connectivity index (χ0n) is 15.0. The third-order valence-corrected chi connectivity index (χ3v) is 4.71. The summed E-state index contributed by atoms with van der Waals surface area (Å²) in [4.78, 5) is 13.1. The molecule has 1 heterocycles. The summed E-state index contributed by atoms with van der Waals surface area (Å²) in [5, 5.41) is 8.40. The number of anilines is 1. The van der Waals surface area contributed by atoms with Gasteiger partial charge in [0.05, 0.1) is 0 Å². The Morgan fingerprint density at radius 3 is 2.42 bits per heavy atom. The van der Waals surface area contributed by atoms with Crippen molar-refractivity contribution in [1.29, 1.82) is 0 Å². The van der Waals surface area contributed by atoms with E-state index in [1.165, 1.54) is 16.0 Å². The van der Waals surface area contributed by atoms with Crippen molar-refractivity contribution in [3.63, 3.8) is 0 Å². The smallest absolute Gasteiger partial charge is 0.412 e. The van der Waals surface area contributed by atoms with Gasteiger partial charge in [-0.2, -0.15) is 0 Å². The molecule has 130 valence electrons. The van der Waals surface area contributed by atoms with Crippen LogP contribution in [0.4, 0.5) is 10.5 Å². The van der Waals surface area contributed by atoms with Crippen molar-refractivity contribution in [3.05, 3.63) is 51.7 Å². The van der Waals surface area contributed by atoms with E-state index in [1.54, 1.807) is 11.3 Å². The van der Waals surface area contributed by atoms with Gasteiger partial charge >= 0.3 is 6.09 Å². The number of hydrogen-bond acceptors (Lipinski definition) is 4. The number of nitrogens with one attached hydrogen (secondary N) is 2. The largest absolute Gasteiger partial charge is 0.444 e. The minimum Gasteiger partial charge on any atom is -0.444 e. The lowest BCUT2D eigenvalue weighted by atomic mass is 10.1. The summed E-state index contributed by atoms with van der Waals surface area (Å²) in [5.74, 6) is 0. The molecule has 24 heavy (non-hydrogen) atoms. The van der Waals surface area contributed by atoms with Crippen molar-refractivity contribution in [2.45, 2.75) is 52.8 Å². The molecular formula is C19H26N2O2S. The number of carbonyl (C=O) groups is 1. The van der Waals surface area contributed by atoms with E-state index >= 15 is 0 Å². The highest BCUT2D eigenvalue weighted by atomic mass is 32.1. The fraction of sp³-hybridized carbons (Fsp3) is 0.421. The Labute approximate surface area is 148 Å². The summed E-state index contributed by atoms with van der Waals surface area (Å²) in [5.41, 5.74) is 2.74. The van der Waals surface area contributed by atoms with E-state index in [9.17, 15) is 4.79 Å². The molecule has 2 rings (SSSR count). The van der Waals surface area contributed by atoms with Crippen molar-refractivity contribution in [3.8, 4) is 0 Å². The van der Waals surface area contributed by atoms with Gasteiger partial charge in [0.25, 0.3) is 0 Å². The minimum absolute atomic E-state index is 0.324. The van der Waals surface area contributed by atoms with E-state index in [4.69, 9.17) is 4.74 Å². The van der Waals surface area contributed by atoms with Crippen molar-refractivity contribution >= 4 is 23.1 Å². The molecule has 0 aliphatic heterocycles. The first-order valence-electron chi connectivity index (χ1n) is 8.11. The van der Waals surface area contributed by atoms with Crippen molar-refractivity contribution < 1.29 is 9.53 Å². The molecule has 1 amide bonds. The quantitative estimate of drug-likeness (QED) is 0.777. The van der Waals surface area contributed by atoms with Crippen LogP contribution in [0.1, 0.15) is 49.7 Å². The van der Waals surface area contributed by atoms with Gasteiger partial charge in [0.15, 0.2) is 0 Å². The molecule has 5 heteroatoms. The number of aryl methyl sites for hydroxylation is 1. The average Bonchev–Trinajstić information content (AvgIpc) is 2.90. The monoisotopic (exact) mass is 346 g/mol. The molecule has 0 aliphatic carbocycles. The van der Waals surface area contributed by atoms with Crippen LogP contribution in [0.3, 0.4) is 0 Å². The van der Waals surface area contributed by atoms with Crippen LogP contribution in [0, 0.1) is 6.92 Å². The highest BCUT2D eigenvalue weighted by molar-refractivity contribution is 7.10. The first-order valence-corrected chi connectivity index (χ1v) is 8.99. The maximum Gasteiger partial charge on any atom is 0.412 e. The first-order chi connectivity index (χ1) is 11.2. The first kappa shape index (κ1) is 18.5. The molecule has 2 N–H and O–H groups in total. The second kappa shape index (κ2) is 7.81. The number of thiophene rings is 1. The number of amides is 1. The molecule has 0 fully saturated rings. The second-order valence-corrected chi connectivity index (χ2v) is 7.84. The Bertz CT molecular complexity index is 671. The maximum absolute atomic E-state index is 11.7. The van der Waals surface area contributed by atoms with Crippen LogP contribution >= 0.6 is 11.3 Å². The Morgan fingerprint density at radius 1 is 1.21 bits per heavy atom. The van der Waals surface area contributed by atoms with Gasteiger partial charge in [-0.15, -0.1) is 11.3 Å². The molecule has 0 saturated carbocycles. The van der Waals surface area contributed by atoms with Crippen molar-refractivity contribution in [1.82, 2.24) is 5.32 Å². The lowest BCUT2D eigenvalue weighted by Gasteiger charge is -2.19. The highest BCUT2D eigenvalue weighted by Gasteiger charge is 2.16. The van der Waals surface area contributed by atoms with E-state index in [1.807, 2.05) is 45.0 Å². The molecule has 2 aromatic rings. The van der Waals surface area contributed by atoms with Gasteiger partial charge in [-0.3, -0.25) is 5.32 Å². The van der Waals surface area contributed by atoms with Gasteiger partial charge in [0, 0.05) is 23.2 Å². The zero-order valence-corrected chi connectivity index (χ0v) is 15.8. The van der Waals surface area contributed by atoms with Gasteiger partial charge in [-0.1, -0.05) is 12.1 Å². The van der Waals surface area contributed by atoms with E-state index in [0.717, 1.165) is 12.2 Å². The Kier molecular flexibility index (Phi) is 6.02. The molecule has 1 unspecified atom stereocenters. The van der Waals surface area contributed by atoms with Gasteiger partial charge in [0.1, 0.15) is 5.60 Å². The van der Waals surface area contributed by atoms with Crippen LogP contribution in [0.5, 0.6) is 0 Å². The van der Waals surface area contributed by atoms with Gasteiger partial charge in [-0.25, -0.2) is 4.79 Å². The van der Waals surface area contributed by atoms with Crippen LogP contribution in [0.2, 0.25) is 0 Å². The summed E-state index contributed by atoms with van der Waals surface area (Å²) in [6.45, 7) is 10.6. The van der Waals surface area contributed by atoms with E-state index in [2.05, 4.69) is 35.9 Å². The fourth-order valence-electron chi connectivity index (χ4n) is 2.32. The van der Waals surface area contributed by atoms with Crippen LogP contribution in [0.15, 0.2) is 35.7 Å². The summed E-state index contributed by atoms with van der Waals surface area (Å²) in [6, 6.07) is 10.3. The average molecular weight is 346 g/mol. The number of carbonyl (C=O) groups excluding carboxylic acids is 1. The maximum atomic E-state index is 11.7.